The Morgan fingerprint density at radius 2 is 1.86 bits per heavy atom. The van der Waals surface area contributed by atoms with Gasteiger partial charge in [-0.1, -0.05) is 43.7 Å². The Labute approximate surface area is 162 Å². The van der Waals surface area contributed by atoms with Gasteiger partial charge in [0, 0.05) is 0 Å². The maximum atomic E-state index is 12.2. The van der Waals surface area contributed by atoms with E-state index in [2.05, 4.69) is 27.8 Å². The number of ether oxygens (including phenoxy) is 1. The molecule has 2 aromatic carbocycles. The van der Waals surface area contributed by atoms with E-state index >= 15 is 0 Å². The van der Waals surface area contributed by atoms with Crippen LogP contribution in [-0.2, 0) is 9.53 Å². The molecule has 8 heteroatoms. The molecular formula is C20H21N5O3. The Morgan fingerprint density at radius 3 is 2.50 bits per heavy atom. The molecule has 3 rings (SSSR count). The third-order valence-corrected chi connectivity index (χ3v) is 4.17. The van der Waals surface area contributed by atoms with Crippen molar-refractivity contribution < 1.29 is 14.3 Å². The number of tetrazole rings is 1. The molecule has 0 aliphatic carbocycles. The Morgan fingerprint density at radius 1 is 1.11 bits per heavy atom. The quantitative estimate of drug-likeness (QED) is 0.604. The van der Waals surface area contributed by atoms with Gasteiger partial charge in [-0.25, -0.2) is 9.48 Å². The van der Waals surface area contributed by atoms with Gasteiger partial charge in [0.05, 0.1) is 17.3 Å². The minimum Gasteiger partial charge on any atom is -0.452 e. The summed E-state index contributed by atoms with van der Waals surface area (Å²) in [6.45, 7) is 1.72. The fourth-order valence-corrected chi connectivity index (χ4v) is 2.78. The molecule has 1 aromatic heterocycles. The molecule has 3 aromatic rings. The van der Waals surface area contributed by atoms with Crippen LogP contribution in [0.15, 0.2) is 60.9 Å². The second-order valence-corrected chi connectivity index (χ2v) is 6.20. The molecule has 8 nitrogen and oxygen atoms in total. The van der Waals surface area contributed by atoms with Crippen molar-refractivity contribution in [1.29, 1.82) is 0 Å². The molecule has 28 heavy (non-hydrogen) atoms. The first-order valence-electron chi connectivity index (χ1n) is 9.02. The van der Waals surface area contributed by atoms with Crippen LogP contribution in [0.2, 0.25) is 0 Å². The topological polar surface area (TPSA) is 99.0 Å². The fraction of sp³-hybridized carbons (Fsp3) is 0.250. The highest BCUT2D eigenvalue weighted by Gasteiger charge is 2.16. The summed E-state index contributed by atoms with van der Waals surface area (Å²) in [5.74, 6) is -0.897. The first-order chi connectivity index (χ1) is 13.7. The van der Waals surface area contributed by atoms with E-state index in [9.17, 15) is 9.59 Å². The number of carbonyl (C=O) groups excluding carboxylic acids is 2. The molecule has 0 saturated carbocycles. The van der Waals surface area contributed by atoms with Crippen LogP contribution in [0.3, 0.4) is 0 Å². The van der Waals surface area contributed by atoms with Crippen molar-refractivity contribution in [3.8, 4) is 5.69 Å². The molecule has 0 radical (unpaired) electrons. The fourth-order valence-electron chi connectivity index (χ4n) is 2.78. The predicted molar refractivity (Wildman–Crippen MR) is 102 cm³/mol. The van der Waals surface area contributed by atoms with Gasteiger partial charge in [0.15, 0.2) is 6.61 Å². The molecule has 0 aliphatic heterocycles. The summed E-state index contributed by atoms with van der Waals surface area (Å²) >= 11 is 0. The maximum Gasteiger partial charge on any atom is 0.338 e. The minimum atomic E-state index is -0.565. The van der Waals surface area contributed by atoms with Crippen LogP contribution in [0.5, 0.6) is 0 Å². The normalized spacial score (nSPS) is 11.6. The van der Waals surface area contributed by atoms with Gasteiger partial charge in [0.25, 0.3) is 5.91 Å². The summed E-state index contributed by atoms with van der Waals surface area (Å²) in [4.78, 5) is 24.4. The monoisotopic (exact) mass is 379 g/mol. The van der Waals surface area contributed by atoms with Crippen molar-refractivity contribution in [3.05, 3.63) is 72.1 Å². The molecule has 1 atom stereocenters. The molecule has 0 bridgehead atoms. The van der Waals surface area contributed by atoms with Crippen LogP contribution in [0.25, 0.3) is 5.69 Å². The standard InChI is InChI=1S/C20H21N5O3/c1-2-6-18(15-7-4-3-5-8-15)22-19(26)13-28-20(27)16-9-11-17(12-10-16)25-14-21-23-24-25/h3-5,7-12,14,18H,2,6,13H2,1H3,(H,22,26)/t18-/m1/s1. The average Bonchev–Trinajstić information content (AvgIpc) is 3.27. The van der Waals surface area contributed by atoms with Gasteiger partial charge in [0.2, 0.25) is 0 Å². The molecule has 0 fully saturated rings. The van der Waals surface area contributed by atoms with E-state index in [4.69, 9.17) is 4.74 Å². The smallest absolute Gasteiger partial charge is 0.338 e. The van der Waals surface area contributed by atoms with E-state index in [0.717, 1.165) is 18.4 Å². The lowest BCUT2D eigenvalue weighted by Gasteiger charge is -2.18. The molecule has 144 valence electrons. The number of hydrogen-bond acceptors (Lipinski definition) is 6. The molecule has 0 aliphatic rings. The van der Waals surface area contributed by atoms with E-state index in [1.807, 2.05) is 30.3 Å². The van der Waals surface area contributed by atoms with Crippen LogP contribution in [0.4, 0.5) is 0 Å². The number of hydrogen-bond donors (Lipinski definition) is 1. The van der Waals surface area contributed by atoms with Gasteiger partial charge in [-0.05, 0) is 46.7 Å². The number of nitrogens with one attached hydrogen (secondary N) is 1. The van der Waals surface area contributed by atoms with Crippen molar-refractivity contribution in [1.82, 2.24) is 25.5 Å². The number of esters is 1. The number of benzene rings is 2. The van der Waals surface area contributed by atoms with Crippen LogP contribution in [-0.4, -0.2) is 38.7 Å². The molecular weight excluding hydrogens is 358 g/mol. The molecule has 0 unspecified atom stereocenters. The molecule has 0 saturated heterocycles. The maximum absolute atomic E-state index is 12.2. The van der Waals surface area contributed by atoms with Crippen LogP contribution in [0, 0.1) is 0 Å². The second kappa shape index (κ2) is 9.40. The van der Waals surface area contributed by atoms with Crippen molar-refractivity contribution in [2.45, 2.75) is 25.8 Å². The van der Waals surface area contributed by atoms with E-state index in [0.29, 0.717) is 11.3 Å². The van der Waals surface area contributed by atoms with Crippen molar-refractivity contribution in [3.63, 3.8) is 0 Å². The third kappa shape index (κ3) is 5.00. The Bertz CT molecular complexity index is 895. The zero-order valence-corrected chi connectivity index (χ0v) is 15.5. The second-order valence-electron chi connectivity index (χ2n) is 6.20. The summed E-state index contributed by atoms with van der Waals surface area (Å²) in [5, 5.41) is 13.8. The number of nitrogens with zero attached hydrogens (tertiary/aromatic N) is 4. The molecule has 1 amide bonds. The average molecular weight is 379 g/mol. The van der Waals surface area contributed by atoms with E-state index in [1.54, 1.807) is 24.3 Å². The Hall–Kier alpha value is -3.55. The number of amides is 1. The highest BCUT2D eigenvalue weighted by atomic mass is 16.5. The summed E-state index contributed by atoms with van der Waals surface area (Å²) in [6.07, 6.45) is 3.19. The van der Waals surface area contributed by atoms with E-state index < -0.39 is 5.97 Å². The van der Waals surface area contributed by atoms with Gasteiger partial charge in [-0.15, -0.1) is 5.10 Å². The summed E-state index contributed by atoms with van der Waals surface area (Å²) < 4.78 is 6.61. The molecule has 0 spiro atoms. The number of carbonyl (C=O) groups is 2. The van der Waals surface area contributed by atoms with Gasteiger partial charge < -0.3 is 10.1 Å². The minimum absolute atomic E-state index is 0.104. The molecule has 1 heterocycles. The summed E-state index contributed by atoms with van der Waals surface area (Å²) in [5.41, 5.74) is 2.09. The largest absolute Gasteiger partial charge is 0.452 e. The van der Waals surface area contributed by atoms with Crippen molar-refractivity contribution in [2.24, 2.45) is 0 Å². The number of rotatable bonds is 8. The third-order valence-electron chi connectivity index (χ3n) is 4.17. The molecule has 1 N–H and O–H groups in total. The van der Waals surface area contributed by atoms with Gasteiger partial charge in [0.1, 0.15) is 6.33 Å². The summed E-state index contributed by atoms with van der Waals surface area (Å²) in [6, 6.07) is 16.2. The first-order valence-corrected chi connectivity index (χ1v) is 9.02. The highest BCUT2D eigenvalue weighted by Crippen LogP contribution is 2.18. The lowest BCUT2D eigenvalue weighted by Crippen LogP contribution is -2.32. The van der Waals surface area contributed by atoms with Crippen molar-refractivity contribution in [2.75, 3.05) is 6.61 Å². The van der Waals surface area contributed by atoms with E-state index in [-0.39, 0.29) is 18.6 Å². The van der Waals surface area contributed by atoms with Crippen LogP contribution >= 0.6 is 0 Å². The Kier molecular flexibility index (Phi) is 6.46. The van der Waals surface area contributed by atoms with Gasteiger partial charge in [-0.3, -0.25) is 4.79 Å². The zero-order chi connectivity index (χ0) is 19.8. The lowest BCUT2D eigenvalue weighted by atomic mass is 10.0. The SMILES string of the molecule is CCC[C@@H](NC(=O)COC(=O)c1ccc(-n2cnnn2)cc1)c1ccccc1. The van der Waals surface area contributed by atoms with E-state index in [1.165, 1.54) is 11.0 Å². The van der Waals surface area contributed by atoms with Gasteiger partial charge in [-0.2, -0.15) is 0 Å². The van der Waals surface area contributed by atoms with Crippen molar-refractivity contribution >= 4 is 11.9 Å². The Balaban J connectivity index is 1.54. The van der Waals surface area contributed by atoms with Crippen LogP contribution < -0.4 is 5.32 Å². The first kappa shape index (κ1) is 19.2. The zero-order valence-electron chi connectivity index (χ0n) is 15.5. The lowest BCUT2D eigenvalue weighted by molar-refractivity contribution is -0.125. The number of aromatic nitrogens is 4. The summed E-state index contributed by atoms with van der Waals surface area (Å²) in [7, 11) is 0. The highest BCUT2D eigenvalue weighted by molar-refractivity contribution is 5.91. The predicted octanol–water partition coefficient (Wildman–Crippen LogP) is 2.48. The van der Waals surface area contributed by atoms with Gasteiger partial charge >= 0.3 is 5.97 Å². The van der Waals surface area contributed by atoms with Crippen LogP contribution in [0.1, 0.15) is 41.7 Å².